The van der Waals surface area contributed by atoms with Gasteiger partial charge in [-0.1, -0.05) is 27.7 Å². The smallest absolute Gasteiger partial charge is 0.152 e. The number of hydrogen-bond acceptors (Lipinski definition) is 2. The molecule has 2 heterocycles. The lowest BCUT2D eigenvalue weighted by molar-refractivity contribution is 0.611. The quantitative estimate of drug-likeness (QED) is 0.694. The van der Waals surface area contributed by atoms with Gasteiger partial charge in [0.25, 0.3) is 0 Å². The van der Waals surface area contributed by atoms with Gasteiger partial charge in [-0.05, 0) is 24.5 Å². The summed E-state index contributed by atoms with van der Waals surface area (Å²) in [4.78, 5) is 4.37. The Labute approximate surface area is 91.3 Å². The van der Waals surface area contributed by atoms with Gasteiger partial charge in [0.15, 0.2) is 5.58 Å². The third kappa shape index (κ3) is 2.38. The van der Waals surface area contributed by atoms with Crippen molar-refractivity contribution in [2.24, 2.45) is 0 Å². The average Bonchev–Trinajstić information content (AvgIpc) is 2.63. The fourth-order valence-corrected chi connectivity index (χ4v) is 1.37. The number of furan rings is 1. The number of pyridine rings is 1. The minimum absolute atomic E-state index is 0.502. The summed E-state index contributed by atoms with van der Waals surface area (Å²) in [5, 5.41) is 0. The van der Waals surface area contributed by atoms with Gasteiger partial charge in [0.1, 0.15) is 5.52 Å². The van der Waals surface area contributed by atoms with Crippen LogP contribution in [-0.2, 0) is 0 Å². The van der Waals surface area contributed by atoms with Gasteiger partial charge < -0.3 is 4.42 Å². The molecule has 0 aromatic carbocycles. The fourth-order valence-electron chi connectivity index (χ4n) is 1.37. The van der Waals surface area contributed by atoms with E-state index in [9.17, 15) is 0 Å². The molecule has 15 heavy (non-hydrogen) atoms. The van der Waals surface area contributed by atoms with E-state index >= 15 is 0 Å². The van der Waals surface area contributed by atoms with E-state index in [1.165, 1.54) is 5.56 Å². The van der Waals surface area contributed by atoms with Gasteiger partial charge in [0.05, 0.1) is 6.26 Å². The van der Waals surface area contributed by atoms with Gasteiger partial charge in [-0.15, -0.1) is 0 Å². The number of fused-ring (bicyclic) bond motifs is 1. The van der Waals surface area contributed by atoms with Crippen molar-refractivity contribution in [3.05, 3.63) is 29.7 Å². The van der Waals surface area contributed by atoms with E-state index in [4.69, 9.17) is 4.42 Å². The van der Waals surface area contributed by atoms with Crippen LogP contribution in [0, 0.1) is 6.92 Å². The molecule has 0 N–H and O–H groups in total. The van der Waals surface area contributed by atoms with Crippen LogP contribution in [0.5, 0.6) is 0 Å². The summed E-state index contributed by atoms with van der Waals surface area (Å²) >= 11 is 0. The van der Waals surface area contributed by atoms with Crippen molar-refractivity contribution in [2.75, 3.05) is 0 Å². The molecule has 0 aliphatic rings. The molecule has 2 aromatic heterocycles. The first-order chi connectivity index (χ1) is 7.18. The largest absolute Gasteiger partial charge is 0.462 e. The van der Waals surface area contributed by atoms with Crippen molar-refractivity contribution in [1.82, 2.24) is 4.98 Å². The second kappa shape index (κ2) is 4.96. The van der Waals surface area contributed by atoms with Crippen LogP contribution in [0.1, 0.15) is 44.7 Å². The van der Waals surface area contributed by atoms with E-state index < -0.39 is 0 Å². The second-order valence-corrected chi connectivity index (χ2v) is 3.69. The molecular formula is C13H19NO. The maximum absolute atomic E-state index is 5.38. The van der Waals surface area contributed by atoms with Gasteiger partial charge in [0, 0.05) is 11.8 Å². The molecule has 82 valence electrons. The highest BCUT2D eigenvalue weighted by Gasteiger charge is 2.06. The third-order valence-electron chi connectivity index (χ3n) is 2.28. The highest BCUT2D eigenvalue weighted by molar-refractivity contribution is 5.76. The van der Waals surface area contributed by atoms with E-state index in [1.54, 1.807) is 6.26 Å². The van der Waals surface area contributed by atoms with Crippen molar-refractivity contribution in [1.29, 1.82) is 0 Å². The predicted octanol–water partition coefficient (Wildman–Crippen LogP) is 4.29. The zero-order chi connectivity index (χ0) is 11.4. The van der Waals surface area contributed by atoms with Crippen molar-refractivity contribution in [3.63, 3.8) is 0 Å². The highest BCUT2D eigenvalue weighted by atomic mass is 16.3. The molecule has 0 aliphatic carbocycles. The standard InChI is InChI=1S/C11H13NO.C2H6/c1-7(2)9-4-10-11(12-5-9)8(3)6-13-10;1-2/h4-7H,1-3H3;1-2H3. The Hall–Kier alpha value is -1.31. The van der Waals surface area contributed by atoms with Crippen LogP contribution in [0.3, 0.4) is 0 Å². The molecule has 0 aliphatic heterocycles. The molecule has 0 bridgehead atoms. The fraction of sp³-hybridized carbons (Fsp3) is 0.462. The monoisotopic (exact) mass is 205 g/mol. The molecule has 0 amide bonds. The van der Waals surface area contributed by atoms with Crippen LogP contribution in [-0.4, -0.2) is 4.98 Å². The summed E-state index contributed by atoms with van der Waals surface area (Å²) in [5.41, 5.74) is 4.19. The number of hydrogen-bond donors (Lipinski definition) is 0. The Morgan fingerprint density at radius 3 is 2.53 bits per heavy atom. The molecular weight excluding hydrogens is 186 g/mol. The van der Waals surface area contributed by atoms with Crippen LogP contribution in [0.25, 0.3) is 11.1 Å². The van der Waals surface area contributed by atoms with Crippen LogP contribution >= 0.6 is 0 Å². The summed E-state index contributed by atoms with van der Waals surface area (Å²) in [6.07, 6.45) is 3.68. The van der Waals surface area contributed by atoms with Gasteiger partial charge in [-0.2, -0.15) is 0 Å². The second-order valence-electron chi connectivity index (χ2n) is 3.69. The lowest BCUT2D eigenvalue weighted by Gasteiger charge is -2.02. The maximum atomic E-state index is 5.38. The predicted molar refractivity (Wildman–Crippen MR) is 64.2 cm³/mol. The lowest BCUT2D eigenvalue weighted by Crippen LogP contribution is -1.88. The average molecular weight is 205 g/mol. The third-order valence-corrected chi connectivity index (χ3v) is 2.28. The number of aryl methyl sites for hydroxylation is 1. The molecule has 2 rings (SSSR count). The zero-order valence-corrected chi connectivity index (χ0v) is 10.2. The van der Waals surface area contributed by atoms with Crippen LogP contribution in [0.15, 0.2) is 22.9 Å². The van der Waals surface area contributed by atoms with Gasteiger partial charge in [0.2, 0.25) is 0 Å². The first-order valence-corrected chi connectivity index (χ1v) is 5.52. The Balaban J connectivity index is 0.000000531. The van der Waals surface area contributed by atoms with E-state index in [0.29, 0.717) is 5.92 Å². The van der Waals surface area contributed by atoms with Gasteiger partial charge >= 0.3 is 0 Å². The van der Waals surface area contributed by atoms with Crippen LogP contribution in [0.2, 0.25) is 0 Å². The summed E-state index contributed by atoms with van der Waals surface area (Å²) in [5.74, 6) is 0.502. The molecule has 0 saturated carbocycles. The number of rotatable bonds is 1. The molecule has 0 spiro atoms. The van der Waals surface area contributed by atoms with E-state index in [2.05, 4.69) is 24.9 Å². The molecule has 0 atom stereocenters. The molecule has 0 saturated heterocycles. The molecule has 2 nitrogen and oxygen atoms in total. The molecule has 0 radical (unpaired) electrons. The van der Waals surface area contributed by atoms with Crippen molar-refractivity contribution in [2.45, 2.75) is 40.5 Å². The molecule has 0 unspecified atom stereocenters. The Morgan fingerprint density at radius 1 is 1.27 bits per heavy atom. The maximum Gasteiger partial charge on any atom is 0.152 e. The topological polar surface area (TPSA) is 26.0 Å². The first kappa shape index (κ1) is 11.8. The minimum atomic E-state index is 0.502. The van der Waals surface area contributed by atoms with E-state index in [1.807, 2.05) is 27.0 Å². The zero-order valence-electron chi connectivity index (χ0n) is 10.2. The number of nitrogens with zero attached hydrogens (tertiary/aromatic N) is 1. The molecule has 2 heteroatoms. The normalized spacial score (nSPS) is 10.3. The Bertz CT molecular complexity index is 429. The Kier molecular flexibility index (Phi) is 3.89. The SMILES string of the molecule is CC.Cc1coc2cc(C(C)C)cnc12. The highest BCUT2D eigenvalue weighted by Crippen LogP contribution is 2.22. The molecule has 2 aromatic rings. The number of aromatic nitrogens is 1. The molecule has 0 fully saturated rings. The lowest BCUT2D eigenvalue weighted by atomic mass is 10.1. The van der Waals surface area contributed by atoms with Gasteiger partial charge in [-0.25, -0.2) is 0 Å². The minimum Gasteiger partial charge on any atom is -0.462 e. The summed E-state index contributed by atoms with van der Waals surface area (Å²) < 4.78 is 5.38. The summed E-state index contributed by atoms with van der Waals surface area (Å²) in [6.45, 7) is 10.3. The first-order valence-electron chi connectivity index (χ1n) is 5.52. The van der Waals surface area contributed by atoms with E-state index in [-0.39, 0.29) is 0 Å². The van der Waals surface area contributed by atoms with Gasteiger partial charge in [-0.3, -0.25) is 4.98 Å². The van der Waals surface area contributed by atoms with Crippen molar-refractivity contribution < 1.29 is 4.42 Å². The summed E-state index contributed by atoms with van der Waals surface area (Å²) in [6, 6.07) is 2.07. The van der Waals surface area contributed by atoms with Crippen molar-refractivity contribution in [3.8, 4) is 0 Å². The van der Waals surface area contributed by atoms with Crippen LogP contribution in [0.4, 0.5) is 0 Å². The Morgan fingerprint density at radius 2 is 1.93 bits per heavy atom. The van der Waals surface area contributed by atoms with Crippen LogP contribution < -0.4 is 0 Å². The van der Waals surface area contributed by atoms with E-state index in [0.717, 1.165) is 16.7 Å². The summed E-state index contributed by atoms with van der Waals surface area (Å²) in [7, 11) is 0. The van der Waals surface area contributed by atoms with Crippen molar-refractivity contribution >= 4 is 11.1 Å².